The molecular weight excluding hydrogens is 413 g/mol. The van der Waals surface area contributed by atoms with Crippen molar-refractivity contribution in [2.45, 2.75) is 0 Å². The SMILES string of the molecule is O=[PH]([O-])F.O=[PH]([O-])F.O=[PH]([O-])F.[Er+3]. The van der Waals surface area contributed by atoms with E-state index in [-0.39, 0.29) is 37.3 Å². The predicted molar refractivity (Wildman–Crippen MR) is 30.3 cm³/mol. The Morgan fingerprint density at radius 1 is 0.692 bits per heavy atom. The third-order valence-corrected chi connectivity index (χ3v) is 0. The topological polar surface area (TPSA) is 120 Å². The van der Waals surface area contributed by atoms with Crippen molar-refractivity contribution < 1.29 is 78.3 Å². The molecule has 87 valence electrons. The van der Waals surface area contributed by atoms with Gasteiger partial charge in [-0.15, -0.1) is 0 Å². The first-order valence-electron chi connectivity index (χ1n) is 1.79. The predicted octanol–water partition coefficient (Wildman–Crippen LogP) is -0.882. The zero-order chi connectivity index (χ0) is 10.7. The molecule has 0 bridgehead atoms. The molecule has 0 aromatic carbocycles. The van der Waals surface area contributed by atoms with Gasteiger partial charge in [-0.2, -0.15) is 0 Å². The average molecular weight is 416 g/mol. The minimum Gasteiger partial charge on any atom is -0.777 e. The van der Waals surface area contributed by atoms with Crippen LogP contribution in [0.2, 0.25) is 0 Å². The summed E-state index contributed by atoms with van der Waals surface area (Å²) in [5.41, 5.74) is 0. The third-order valence-electron chi connectivity index (χ3n) is 0. The van der Waals surface area contributed by atoms with Crippen LogP contribution >= 0.6 is 25.0 Å². The zero-order valence-corrected chi connectivity index (χ0v) is 10.2. The summed E-state index contributed by atoms with van der Waals surface area (Å²) >= 11 is 0. The maximum Gasteiger partial charge on any atom is 3.00 e. The first-order chi connectivity index (χ1) is 5.20. The van der Waals surface area contributed by atoms with Gasteiger partial charge in [0.1, 0.15) is 0 Å². The van der Waals surface area contributed by atoms with E-state index in [4.69, 9.17) is 28.4 Å². The maximum absolute atomic E-state index is 9.99. The molecule has 0 heterocycles. The Morgan fingerprint density at radius 3 is 0.692 bits per heavy atom. The van der Waals surface area contributed by atoms with Crippen LogP contribution in [0.3, 0.4) is 0 Å². The van der Waals surface area contributed by atoms with Gasteiger partial charge in [0.15, 0.2) is 25.0 Å². The quantitative estimate of drug-likeness (QED) is 0.473. The summed E-state index contributed by atoms with van der Waals surface area (Å²) in [7, 11) is -11.6. The second-order valence-corrected chi connectivity index (χ2v) is 2.14. The van der Waals surface area contributed by atoms with E-state index in [1.807, 2.05) is 0 Å². The van der Waals surface area contributed by atoms with Crippen LogP contribution in [0.1, 0.15) is 0 Å². The van der Waals surface area contributed by atoms with Crippen LogP contribution in [-0.4, -0.2) is 0 Å². The van der Waals surface area contributed by atoms with Crippen molar-refractivity contribution in [1.29, 1.82) is 0 Å². The molecule has 0 spiro atoms. The molecule has 0 aliphatic carbocycles. The Bertz CT molecular complexity index is 121. The van der Waals surface area contributed by atoms with Gasteiger partial charge in [-0.1, -0.05) is 0 Å². The van der Waals surface area contributed by atoms with E-state index >= 15 is 0 Å². The summed E-state index contributed by atoms with van der Waals surface area (Å²) in [6.45, 7) is 0. The van der Waals surface area contributed by atoms with Crippen LogP contribution in [0.25, 0.3) is 0 Å². The van der Waals surface area contributed by atoms with Crippen molar-refractivity contribution in [3.05, 3.63) is 0 Å². The van der Waals surface area contributed by atoms with E-state index in [1.54, 1.807) is 0 Å². The number of hydrogen-bond acceptors (Lipinski definition) is 6. The average Bonchev–Trinajstić information content (AvgIpc) is 1.54. The van der Waals surface area contributed by atoms with Gasteiger partial charge in [0.05, 0.1) is 0 Å². The summed E-state index contributed by atoms with van der Waals surface area (Å²) in [5, 5.41) is 0. The molecule has 13 heavy (non-hydrogen) atoms. The Labute approximate surface area is 103 Å². The van der Waals surface area contributed by atoms with Crippen molar-refractivity contribution in [1.82, 2.24) is 0 Å². The number of halogens is 3. The van der Waals surface area contributed by atoms with E-state index in [1.165, 1.54) is 0 Å². The normalized spacial score (nSPS) is 14.3. The summed E-state index contributed by atoms with van der Waals surface area (Å²) in [6, 6.07) is 0. The molecule has 0 saturated carbocycles. The molecule has 3 unspecified atom stereocenters. The van der Waals surface area contributed by atoms with Crippen LogP contribution in [0.15, 0.2) is 0 Å². The molecule has 0 aliphatic heterocycles. The van der Waals surface area contributed by atoms with Crippen molar-refractivity contribution in [2.75, 3.05) is 0 Å². The summed E-state index contributed by atoms with van der Waals surface area (Å²) in [4.78, 5) is 25.2. The monoisotopic (exact) mass is 415 g/mol. The van der Waals surface area contributed by atoms with Gasteiger partial charge in [0.25, 0.3) is 0 Å². The van der Waals surface area contributed by atoms with Crippen LogP contribution in [0.4, 0.5) is 12.6 Å². The first kappa shape index (κ1) is 24.0. The van der Waals surface area contributed by atoms with Crippen LogP contribution < -0.4 is 14.7 Å². The van der Waals surface area contributed by atoms with Crippen LogP contribution in [0, 0.1) is 37.3 Å². The van der Waals surface area contributed by atoms with E-state index in [2.05, 4.69) is 0 Å². The van der Waals surface area contributed by atoms with E-state index in [0.29, 0.717) is 0 Å². The molecule has 0 rings (SSSR count). The maximum atomic E-state index is 9.99. The largest absolute Gasteiger partial charge is 3.00 e. The van der Waals surface area contributed by atoms with E-state index < -0.39 is 25.0 Å². The summed E-state index contributed by atoms with van der Waals surface area (Å²) in [6.07, 6.45) is 0. The number of hydrogen-bond donors (Lipinski definition) is 0. The van der Waals surface area contributed by atoms with Gasteiger partial charge in [-0.05, 0) is 0 Å². The molecule has 0 fully saturated rings. The molecule has 13 heteroatoms. The molecule has 0 N–H and O–H groups in total. The van der Waals surface area contributed by atoms with Crippen LogP contribution in [0.5, 0.6) is 0 Å². The Hall–Kier alpha value is 1.61. The van der Waals surface area contributed by atoms with Crippen LogP contribution in [-0.2, 0) is 13.7 Å². The molecule has 1 radical (unpaired) electrons. The molecule has 0 aromatic rings. The van der Waals surface area contributed by atoms with Gasteiger partial charge in [-0.25, -0.2) is 12.6 Å². The molecule has 0 aromatic heterocycles. The van der Waals surface area contributed by atoms with Crippen molar-refractivity contribution in [3.8, 4) is 0 Å². The smallest absolute Gasteiger partial charge is 0.777 e. The zero-order valence-electron chi connectivity index (χ0n) is 5.37. The van der Waals surface area contributed by atoms with Crippen molar-refractivity contribution in [2.24, 2.45) is 0 Å². The molecule has 3 atom stereocenters. The van der Waals surface area contributed by atoms with Gasteiger partial charge >= 0.3 is 37.3 Å². The van der Waals surface area contributed by atoms with Gasteiger partial charge < -0.3 is 28.4 Å². The van der Waals surface area contributed by atoms with Gasteiger partial charge in [0.2, 0.25) is 0 Å². The minimum absolute atomic E-state index is 0. The fourth-order valence-corrected chi connectivity index (χ4v) is 0. The second-order valence-electron chi connectivity index (χ2n) is 0.713. The first-order valence-corrected chi connectivity index (χ1v) is 5.38. The third kappa shape index (κ3) is 710. The Balaban J connectivity index is -0.0000000450. The molecule has 0 aliphatic rings. The Kier molecular flexibility index (Phi) is 35.5. The Morgan fingerprint density at radius 2 is 0.692 bits per heavy atom. The summed E-state index contributed by atoms with van der Waals surface area (Å²) in [5.74, 6) is 0. The van der Waals surface area contributed by atoms with Gasteiger partial charge in [0, 0.05) is 0 Å². The number of rotatable bonds is 0. The van der Waals surface area contributed by atoms with E-state index in [9.17, 15) is 12.6 Å². The molecular formula is H3ErF3O6P3. The molecule has 0 amide bonds. The molecule has 0 saturated heterocycles. The molecule has 6 nitrogen and oxygen atoms in total. The fourth-order valence-electron chi connectivity index (χ4n) is 0. The van der Waals surface area contributed by atoms with E-state index in [0.717, 1.165) is 0 Å². The standard InChI is InChI=1S/Er.3FH2O2P/c;3*1-4(2)3/h;3*4H,(H,2,3)/q+3;;;/p-3. The minimum atomic E-state index is -3.88. The second kappa shape index (κ2) is 19.2. The van der Waals surface area contributed by atoms with Crippen molar-refractivity contribution in [3.63, 3.8) is 0 Å². The fraction of sp³-hybridized carbons (Fsp3) is 0. The van der Waals surface area contributed by atoms with Crippen molar-refractivity contribution >= 4 is 25.0 Å². The summed E-state index contributed by atoms with van der Waals surface area (Å²) < 4.78 is 55.2. The van der Waals surface area contributed by atoms with Gasteiger partial charge in [-0.3, -0.25) is 0 Å².